The normalized spacial score (nSPS) is 12.8. The summed E-state index contributed by atoms with van der Waals surface area (Å²) in [5.41, 5.74) is 1.09. The van der Waals surface area contributed by atoms with E-state index in [-0.39, 0.29) is 36.6 Å². The molecule has 0 bridgehead atoms. The first-order chi connectivity index (χ1) is 12.9. The fourth-order valence-electron chi connectivity index (χ4n) is 2.26. The standard InChI is InChI=1S/C18H26N4O3S2.HI/c1-14-7-4-5-8-16(14)25-15(2)13-21-18(19-3)20-10-11-22-27(23,24)17-9-6-12-26-17;/h4-9,12,15,22H,10-11,13H2,1-3H3,(H2,19,20,21);1H. The van der Waals surface area contributed by atoms with Crippen molar-refractivity contribution >= 4 is 51.3 Å². The van der Waals surface area contributed by atoms with Crippen LogP contribution < -0.4 is 20.1 Å². The Kier molecular flexibility index (Phi) is 10.8. The van der Waals surface area contributed by atoms with Crippen LogP contribution in [0, 0.1) is 6.92 Å². The molecule has 0 amide bonds. The number of halogens is 1. The van der Waals surface area contributed by atoms with Crippen molar-refractivity contribution < 1.29 is 13.2 Å². The Morgan fingerprint density at radius 3 is 2.57 bits per heavy atom. The van der Waals surface area contributed by atoms with E-state index >= 15 is 0 Å². The highest BCUT2D eigenvalue weighted by Gasteiger charge is 2.14. The number of nitrogens with zero attached hydrogens (tertiary/aromatic N) is 1. The van der Waals surface area contributed by atoms with Gasteiger partial charge in [0.1, 0.15) is 16.1 Å². The third-order valence-electron chi connectivity index (χ3n) is 3.67. The van der Waals surface area contributed by atoms with Crippen molar-refractivity contribution in [2.24, 2.45) is 4.99 Å². The maximum absolute atomic E-state index is 12.0. The average Bonchev–Trinajstić information content (AvgIpc) is 3.19. The Morgan fingerprint density at radius 1 is 1.18 bits per heavy atom. The third kappa shape index (κ3) is 7.94. The highest BCUT2D eigenvalue weighted by Crippen LogP contribution is 2.17. The number of sulfonamides is 1. The molecule has 10 heteroatoms. The molecule has 156 valence electrons. The summed E-state index contributed by atoms with van der Waals surface area (Å²) in [6, 6.07) is 11.2. The summed E-state index contributed by atoms with van der Waals surface area (Å²) >= 11 is 1.19. The zero-order valence-electron chi connectivity index (χ0n) is 16.1. The maximum atomic E-state index is 12.0. The van der Waals surface area contributed by atoms with Crippen molar-refractivity contribution in [2.75, 3.05) is 26.7 Å². The SMILES string of the molecule is CN=C(NCCNS(=O)(=O)c1cccs1)NCC(C)Oc1ccccc1C.I. The largest absolute Gasteiger partial charge is 0.489 e. The Bertz CT molecular complexity index is 842. The quantitative estimate of drug-likeness (QED) is 0.198. The van der Waals surface area contributed by atoms with E-state index in [1.165, 1.54) is 11.3 Å². The number of hydrogen-bond acceptors (Lipinski definition) is 5. The summed E-state index contributed by atoms with van der Waals surface area (Å²) in [6.07, 6.45) is -0.0537. The van der Waals surface area contributed by atoms with Crippen LogP contribution in [0.3, 0.4) is 0 Å². The maximum Gasteiger partial charge on any atom is 0.250 e. The van der Waals surface area contributed by atoms with Crippen molar-refractivity contribution in [1.29, 1.82) is 0 Å². The fourth-order valence-corrected chi connectivity index (χ4v) is 4.33. The van der Waals surface area contributed by atoms with E-state index in [2.05, 4.69) is 20.3 Å². The zero-order chi connectivity index (χ0) is 19.7. The second kappa shape index (κ2) is 12.2. The molecule has 0 aliphatic heterocycles. The molecule has 1 atom stereocenters. The first-order valence-electron chi connectivity index (χ1n) is 8.62. The molecule has 0 aliphatic carbocycles. The van der Waals surface area contributed by atoms with Crippen molar-refractivity contribution in [1.82, 2.24) is 15.4 Å². The molecule has 0 spiro atoms. The van der Waals surface area contributed by atoms with Gasteiger partial charge in [-0.1, -0.05) is 24.3 Å². The van der Waals surface area contributed by atoms with Crippen LogP contribution in [-0.2, 0) is 10.0 Å². The number of aryl methyl sites for hydroxylation is 1. The second-order valence-electron chi connectivity index (χ2n) is 5.90. The first-order valence-corrected chi connectivity index (χ1v) is 11.0. The molecular formula is C18H27IN4O3S2. The van der Waals surface area contributed by atoms with Crippen LogP contribution in [0.15, 0.2) is 51.0 Å². The molecule has 1 unspecified atom stereocenters. The number of thiophene rings is 1. The second-order valence-corrected chi connectivity index (χ2v) is 8.85. The number of aliphatic imine (C=N–C) groups is 1. The van der Waals surface area contributed by atoms with Crippen LogP contribution in [0.5, 0.6) is 5.75 Å². The van der Waals surface area contributed by atoms with Gasteiger partial charge >= 0.3 is 0 Å². The van der Waals surface area contributed by atoms with Crippen molar-refractivity contribution in [2.45, 2.75) is 24.2 Å². The van der Waals surface area contributed by atoms with Crippen molar-refractivity contribution in [3.8, 4) is 5.75 Å². The minimum absolute atomic E-state index is 0. The lowest BCUT2D eigenvalue weighted by Gasteiger charge is -2.18. The third-order valence-corrected chi connectivity index (χ3v) is 6.53. The van der Waals surface area contributed by atoms with Crippen molar-refractivity contribution in [3.63, 3.8) is 0 Å². The van der Waals surface area contributed by atoms with Gasteiger partial charge in [-0.15, -0.1) is 35.3 Å². The molecule has 7 nitrogen and oxygen atoms in total. The molecule has 1 heterocycles. The summed E-state index contributed by atoms with van der Waals surface area (Å²) in [4.78, 5) is 4.13. The summed E-state index contributed by atoms with van der Waals surface area (Å²) in [7, 11) is -1.77. The molecule has 0 saturated heterocycles. The average molecular weight is 538 g/mol. The van der Waals surface area contributed by atoms with E-state index in [0.717, 1.165) is 11.3 Å². The van der Waals surface area contributed by atoms with Crippen molar-refractivity contribution in [3.05, 3.63) is 47.3 Å². The number of ether oxygens (including phenoxy) is 1. The van der Waals surface area contributed by atoms with E-state index < -0.39 is 10.0 Å². The van der Waals surface area contributed by atoms with E-state index in [9.17, 15) is 8.42 Å². The number of hydrogen-bond donors (Lipinski definition) is 3. The van der Waals surface area contributed by atoms with Crippen LogP contribution >= 0.6 is 35.3 Å². The van der Waals surface area contributed by atoms with Crippen LogP contribution in [0.1, 0.15) is 12.5 Å². The van der Waals surface area contributed by atoms with Gasteiger partial charge in [-0.25, -0.2) is 13.1 Å². The Labute approximate surface area is 188 Å². The first kappa shape index (κ1) is 24.7. The number of rotatable bonds is 9. The summed E-state index contributed by atoms with van der Waals surface area (Å²) in [5, 5.41) is 7.99. The molecule has 3 N–H and O–H groups in total. The van der Waals surface area contributed by atoms with Gasteiger partial charge in [-0.3, -0.25) is 4.99 Å². The molecule has 0 fully saturated rings. The molecule has 28 heavy (non-hydrogen) atoms. The lowest BCUT2D eigenvalue weighted by molar-refractivity contribution is 0.222. The zero-order valence-corrected chi connectivity index (χ0v) is 20.1. The van der Waals surface area contributed by atoms with Gasteiger partial charge in [0.05, 0.1) is 6.54 Å². The van der Waals surface area contributed by atoms with Gasteiger partial charge in [-0.05, 0) is 36.9 Å². The van der Waals surface area contributed by atoms with Crippen LogP contribution in [0.25, 0.3) is 0 Å². The predicted molar refractivity (Wildman–Crippen MR) is 126 cm³/mol. The van der Waals surface area contributed by atoms with E-state index in [0.29, 0.717) is 23.3 Å². The van der Waals surface area contributed by atoms with Crippen LogP contribution in [0.4, 0.5) is 0 Å². The molecule has 1 aromatic heterocycles. The van der Waals surface area contributed by atoms with E-state index in [1.54, 1.807) is 24.6 Å². The fraction of sp³-hybridized carbons (Fsp3) is 0.389. The highest BCUT2D eigenvalue weighted by atomic mass is 127. The minimum Gasteiger partial charge on any atom is -0.489 e. The van der Waals surface area contributed by atoms with Gasteiger partial charge in [-0.2, -0.15) is 0 Å². The molecule has 0 radical (unpaired) electrons. The summed E-state index contributed by atoms with van der Waals surface area (Å²) in [6.45, 7) is 5.22. The van der Waals surface area contributed by atoms with E-state index in [1.807, 2.05) is 38.1 Å². The smallest absolute Gasteiger partial charge is 0.250 e. The van der Waals surface area contributed by atoms with Gasteiger partial charge in [0.15, 0.2) is 5.96 Å². The Balaban J connectivity index is 0.00000392. The lowest BCUT2D eigenvalue weighted by atomic mass is 10.2. The number of guanidine groups is 1. The Morgan fingerprint density at radius 2 is 1.93 bits per heavy atom. The number of para-hydroxylation sites is 1. The summed E-state index contributed by atoms with van der Waals surface area (Å²) in [5.74, 6) is 1.45. The molecule has 2 aromatic rings. The van der Waals surface area contributed by atoms with Crippen LogP contribution in [-0.4, -0.2) is 47.2 Å². The van der Waals surface area contributed by atoms with Gasteiger partial charge in [0.25, 0.3) is 0 Å². The molecule has 1 aromatic carbocycles. The molecule has 2 rings (SSSR count). The number of benzene rings is 1. The van der Waals surface area contributed by atoms with Gasteiger partial charge < -0.3 is 15.4 Å². The summed E-state index contributed by atoms with van der Waals surface area (Å²) < 4.78 is 32.9. The Hall–Kier alpha value is -1.37. The minimum atomic E-state index is -3.44. The molecule has 0 saturated carbocycles. The highest BCUT2D eigenvalue weighted by molar-refractivity contribution is 14.0. The van der Waals surface area contributed by atoms with Gasteiger partial charge in [0.2, 0.25) is 10.0 Å². The monoisotopic (exact) mass is 538 g/mol. The molecular weight excluding hydrogens is 511 g/mol. The van der Waals surface area contributed by atoms with Gasteiger partial charge in [0, 0.05) is 20.1 Å². The topological polar surface area (TPSA) is 91.8 Å². The molecule has 0 aliphatic rings. The van der Waals surface area contributed by atoms with E-state index in [4.69, 9.17) is 4.74 Å². The predicted octanol–water partition coefficient (Wildman–Crippen LogP) is 2.59. The van der Waals surface area contributed by atoms with Crippen LogP contribution in [0.2, 0.25) is 0 Å². The number of nitrogens with one attached hydrogen (secondary N) is 3. The lowest BCUT2D eigenvalue weighted by Crippen LogP contribution is -2.44.